The van der Waals surface area contributed by atoms with Crippen LogP contribution in [0.3, 0.4) is 0 Å². The summed E-state index contributed by atoms with van der Waals surface area (Å²) in [5, 5.41) is 28.6. The summed E-state index contributed by atoms with van der Waals surface area (Å²) >= 11 is 12.2. The minimum Gasteiger partial charge on any atom is -0.505 e. The maximum atomic E-state index is 10.4. The highest BCUT2D eigenvalue weighted by Crippen LogP contribution is 2.38. The number of aliphatic hydroxyl groups is 1. The molecule has 1 aliphatic carbocycles. The molecule has 1 aromatic rings. The zero-order valence-corrected chi connectivity index (χ0v) is 14.3. The van der Waals surface area contributed by atoms with E-state index in [1.165, 1.54) is 0 Å². The van der Waals surface area contributed by atoms with E-state index in [0.717, 1.165) is 16.8 Å². The van der Waals surface area contributed by atoms with E-state index in [0.29, 0.717) is 22.2 Å². The van der Waals surface area contributed by atoms with Crippen LogP contribution in [-0.4, -0.2) is 40.6 Å². The summed E-state index contributed by atoms with van der Waals surface area (Å²) in [5.74, 6) is 0.159. The van der Waals surface area contributed by atoms with Crippen molar-refractivity contribution in [2.24, 2.45) is 5.10 Å². The number of fused-ring (bicyclic) bond motifs is 1. The number of hydrogen-bond donors (Lipinski definition) is 2. The lowest BCUT2D eigenvalue weighted by atomic mass is 10.1. The summed E-state index contributed by atoms with van der Waals surface area (Å²) in [6.07, 6.45) is 4.07. The highest BCUT2D eigenvalue weighted by Gasteiger charge is 2.34. The fourth-order valence-corrected chi connectivity index (χ4v) is 3.11. The number of nitrogens with zero attached hydrogens (tertiary/aromatic N) is 3. The Morgan fingerprint density at radius 2 is 2.00 bits per heavy atom. The van der Waals surface area contributed by atoms with Gasteiger partial charge in [-0.25, -0.2) is 0 Å². The molecule has 1 aromatic carbocycles. The fraction of sp³-hybridized carbons (Fsp3) is 0.312. The molecule has 1 atom stereocenters. The molecule has 0 radical (unpaired) electrons. The average Bonchev–Trinajstić information content (AvgIpc) is 2.80. The smallest absolute Gasteiger partial charge is 0.145 e. The molecule has 2 aliphatic rings. The molecule has 23 heavy (non-hydrogen) atoms. The number of allylic oxidation sites excluding steroid dienone is 2. The molecule has 3 rings (SSSR count). The predicted molar refractivity (Wildman–Crippen MR) is 93.0 cm³/mol. The Bertz CT molecular complexity index is 743. The van der Waals surface area contributed by atoms with Crippen molar-refractivity contribution >= 4 is 34.6 Å². The first-order valence-electron chi connectivity index (χ1n) is 7.22. The predicted octanol–water partition coefficient (Wildman–Crippen LogP) is 2.89. The van der Waals surface area contributed by atoms with Crippen LogP contribution in [0.15, 0.2) is 39.5 Å². The minimum absolute atomic E-state index is 0.0489. The molecule has 0 saturated carbocycles. The molecule has 0 amide bonds. The topological polar surface area (TPSA) is 59.3 Å². The molecular formula is C16H17Cl2N3O2. The number of benzene rings is 1. The summed E-state index contributed by atoms with van der Waals surface area (Å²) in [4.78, 5) is 0. The van der Waals surface area contributed by atoms with Crippen LogP contribution >= 0.6 is 23.2 Å². The van der Waals surface area contributed by atoms with E-state index in [1.54, 1.807) is 11.2 Å². The molecular weight excluding hydrogens is 337 g/mol. The van der Waals surface area contributed by atoms with Crippen LogP contribution in [0.2, 0.25) is 0 Å². The molecule has 7 heteroatoms. The summed E-state index contributed by atoms with van der Waals surface area (Å²) < 4.78 is 0. The van der Waals surface area contributed by atoms with E-state index in [2.05, 4.69) is 5.10 Å². The molecule has 0 spiro atoms. The number of aliphatic hydroxyl groups excluding tert-OH is 1. The zero-order chi connectivity index (χ0) is 16.7. The Morgan fingerprint density at radius 1 is 1.26 bits per heavy atom. The molecule has 1 heterocycles. The third-order valence-corrected chi connectivity index (χ3v) is 4.72. The fourth-order valence-electron chi connectivity index (χ4n) is 2.76. The molecule has 5 nitrogen and oxygen atoms in total. The van der Waals surface area contributed by atoms with Crippen LogP contribution in [0.5, 0.6) is 5.75 Å². The molecule has 0 saturated heterocycles. The number of rotatable bonds is 3. The van der Waals surface area contributed by atoms with Crippen LogP contribution < -0.4 is 5.12 Å². The standard InChI is InChI=1S/C16H17Cl2N3O2/c1-9-5-10(3-4-22)6-15(16(9)23)21-19-13-7-11(17)12(18)8-14(13)20(21)2/h5-8,14,22-23H,3-4H2,1-2H3. The highest BCUT2D eigenvalue weighted by molar-refractivity contribution is 6.45. The van der Waals surface area contributed by atoms with Crippen LogP contribution in [0.1, 0.15) is 11.1 Å². The number of anilines is 1. The van der Waals surface area contributed by atoms with E-state index in [4.69, 9.17) is 28.3 Å². The van der Waals surface area contributed by atoms with Gasteiger partial charge in [0.2, 0.25) is 0 Å². The Hall–Kier alpha value is -1.53. The van der Waals surface area contributed by atoms with Crippen molar-refractivity contribution in [3.8, 4) is 5.75 Å². The van der Waals surface area contributed by atoms with Crippen molar-refractivity contribution in [2.75, 3.05) is 18.8 Å². The van der Waals surface area contributed by atoms with Crippen molar-refractivity contribution in [1.29, 1.82) is 0 Å². The second-order valence-electron chi connectivity index (χ2n) is 5.59. The molecule has 1 aliphatic heterocycles. The highest BCUT2D eigenvalue weighted by atomic mass is 35.5. The Morgan fingerprint density at radius 3 is 2.70 bits per heavy atom. The molecule has 0 bridgehead atoms. The van der Waals surface area contributed by atoms with Crippen molar-refractivity contribution in [3.63, 3.8) is 0 Å². The Balaban J connectivity index is 2.04. The van der Waals surface area contributed by atoms with Crippen LogP contribution in [-0.2, 0) is 6.42 Å². The number of hydrogen-bond acceptors (Lipinski definition) is 5. The van der Waals surface area contributed by atoms with E-state index >= 15 is 0 Å². The molecule has 0 fully saturated rings. The van der Waals surface area contributed by atoms with Gasteiger partial charge >= 0.3 is 0 Å². The number of halogens is 2. The number of phenols is 1. The molecule has 2 N–H and O–H groups in total. The van der Waals surface area contributed by atoms with Crippen molar-refractivity contribution in [3.05, 3.63) is 45.5 Å². The first-order chi connectivity index (χ1) is 10.9. The van der Waals surface area contributed by atoms with Crippen LogP contribution in [0, 0.1) is 6.92 Å². The monoisotopic (exact) mass is 353 g/mol. The van der Waals surface area contributed by atoms with Crippen molar-refractivity contribution in [1.82, 2.24) is 5.01 Å². The second-order valence-corrected chi connectivity index (χ2v) is 6.41. The third kappa shape index (κ3) is 2.85. The Labute approximate surface area is 144 Å². The summed E-state index contributed by atoms with van der Waals surface area (Å²) in [6, 6.07) is 3.55. The van der Waals surface area contributed by atoms with E-state index in [9.17, 15) is 5.11 Å². The number of aryl methyl sites for hydroxylation is 1. The number of aromatic hydroxyl groups is 1. The lowest BCUT2D eigenvalue weighted by molar-refractivity contribution is 0.299. The lowest BCUT2D eigenvalue weighted by Gasteiger charge is -2.28. The summed E-state index contributed by atoms with van der Waals surface area (Å²) in [5.41, 5.74) is 2.98. The van der Waals surface area contributed by atoms with Gasteiger partial charge < -0.3 is 10.2 Å². The number of phenolic OH excluding ortho intramolecular Hbond substituents is 1. The first-order valence-corrected chi connectivity index (χ1v) is 7.97. The normalized spacial score (nSPS) is 21.0. The van der Waals surface area contributed by atoms with Crippen molar-refractivity contribution < 1.29 is 10.2 Å². The first kappa shape index (κ1) is 16.3. The van der Waals surface area contributed by atoms with E-state index in [1.807, 2.05) is 37.2 Å². The third-order valence-electron chi connectivity index (χ3n) is 3.98. The van der Waals surface area contributed by atoms with E-state index < -0.39 is 0 Å². The lowest BCUT2D eigenvalue weighted by Crippen LogP contribution is -2.39. The second kappa shape index (κ2) is 6.17. The van der Waals surface area contributed by atoms with Gasteiger partial charge in [-0.1, -0.05) is 29.3 Å². The van der Waals surface area contributed by atoms with Gasteiger partial charge in [0.25, 0.3) is 0 Å². The van der Waals surface area contributed by atoms with Gasteiger partial charge in [-0.05, 0) is 42.7 Å². The average molecular weight is 354 g/mol. The number of hydrazine groups is 1. The SMILES string of the molecule is Cc1cc(CCO)cc(N2N=C3C=C(Cl)C(Cl)=CC3N2C)c1O. The van der Waals surface area contributed by atoms with Gasteiger partial charge in [-0.15, -0.1) is 0 Å². The quantitative estimate of drug-likeness (QED) is 0.876. The Kier molecular flexibility index (Phi) is 4.38. The number of hydrazone groups is 1. The van der Waals surface area contributed by atoms with Gasteiger partial charge in [0.1, 0.15) is 11.4 Å². The maximum absolute atomic E-state index is 10.4. The molecule has 0 aromatic heterocycles. The number of likely N-dealkylation sites (N-methyl/N-ethyl adjacent to an activating group) is 1. The van der Waals surface area contributed by atoms with Gasteiger partial charge in [-0.3, -0.25) is 0 Å². The van der Waals surface area contributed by atoms with Gasteiger partial charge in [0, 0.05) is 13.7 Å². The maximum Gasteiger partial charge on any atom is 0.145 e. The van der Waals surface area contributed by atoms with Crippen molar-refractivity contribution in [2.45, 2.75) is 19.4 Å². The zero-order valence-electron chi connectivity index (χ0n) is 12.8. The minimum atomic E-state index is -0.133. The summed E-state index contributed by atoms with van der Waals surface area (Å²) in [6.45, 7) is 1.87. The summed E-state index contributed by atoms with van der Waals surface area (Å²) in [7, 11) is 1.86. The van der Waals surface area contributed by atoms with Crippen LogP contribution in [0.25, 0.3) is 0 Å². The largest absolute Gasteiger partial charge is 0.505 e. The van der Waals surface area contributed by atoms with Gasteiger partial charge in [-0.2, -0.15) is 15.2 Å². The molecule has 122 valence electrons. The van der Waals surface area contributed by atoms with Crippen LogP contribution in [0.4, 0.5) is 5.69 Å². The van der Waals surface area contributed by atoms with Gasteiger partial charge in [0.15, 0.2) is 0 Å². The molecule has 1 unspecified atom stereocenters. The van der Waals surface area contributed by atoms with E-state index in [-0.39, 0.29) is 18.4 Å². The van der Waals surface area contributed by atoms with Gasteiger partial charge in [0.05, 0.1) is 21.8 Å².